The molecular formula is C29H34N4O3. The zero-order valence-corrected chi connectivity index (χ0v) is 20.8. The van der Waals surface area contributed by atoms with Gasteiger partial charge in [-0.1, -0.05) is 61.0 Å². The summed E-state index contributed by atoms with van der Waals surface area (Å²) in [6.07, 6.45) is 8.22. The van der Waals surface area contributed by atoms with Gasteiger partial charge < -0.3 is 14.6 Å². The van der Waals surface area contributed by atoms with Gasteiger partial charge in [-0.05, 0) is 54.9 Å². The van der Waals surface area contributed by atoms with Crippen LogP contribution in [0.1, 0.15) is 61.9 Å². The number of nitrogens with zero attached hydrogens (tertiary/aromatic N) is 4. The summed E-state index contributed by atoms with van der Waals surface area (Å²) in [7, 11) is 0. The lowest BCUT2D eigenvalue weighted by Gasteiger charge is -2.45. The molecule has 0 bridgehead atoms. The van der Waals surface area contributed by atoms with Gasteiger partial charge in [-0.25, -0.2) is 4.68 Å². The van der Waals surface area contributed by atoms with E-state index in [1.807, 2.05) is 28.9 Å². The van der Waals surface area contributed by atoms with Gasteiger partial charge >= 0.3 is 0 Å². The molecule has 0 unspecified atom stereocenters. The summed E-state index contributed by atoms with van der Waals surface area (Å²) in [4.78, 5) is 0. The van der Waals surface area contributed by atoms with E-state index in [2.05, 4.69) is 53.8 Å². The molecule has 2 fully saturated rings. The second kappa shape index (κ2) is 11.3. The molecule has 1 aromatic heterocycles. The Balaban J connectivity index is 1.30. The molecule has 0 aliphatic carbocycles. The number of hydrogen-bond donors (Lipinski definition) is 1. The van der Waals surface area contributed by atoms with Gasteiger partial charge in [0.25, 0.3) is 0 Å². The molecule has 7 nitrogen and oxygen atoms in total. The van der Waals surface area contributed by atoms with Crippen molar-refractivity contribution in [1.82, 2.24) is 15.0 Å². The van der Waals surface area contributed by atoms with Crippen LogP contribution in [0.4, 0.5) is 0 Å². The van der Waals surface area contributed by atoms with Crippen LogP contribution in [-0.4, -0.2) is 51.1 Å². The SMILES string of the molecule is CCCc1cn([C@H]2C[C@@H]3O[C@H](CO)CC[C@@H]3O[C@@H]2CCc2ccc(-c3ccccc3C#N)cc2)nn1. The minimum Gasteiger partial charge on any atom is -0.394 e. The molecular weight excluding hydrogens is 452 g/mol. The second-order valence-corrected chi connectivity index (χ2v) is 9.91. The third kappa shape index (κ3) is 5.36. The number of rotatable bonds is 8. The average Bonchev–Trinajstić information content (AvgIpc) is 3.40. The molecule has 0 saturated carbocycles. The molecule has 2 saturated heterocycles. The van der Waals surface area contributed by atoms with E-state index in [0.29, 0.717) is 5.56 Å². The van der Waals surface area contributed by atoms with Crippen molar-refractivity contribution in [1.29, 1.82) is 5.26 Å². The van der Waals surface area contributed by atoms with Crippen LogP contribution in [0.15, 0.2) is 54.7 Å². The Morgan fingerprint density at radius 1 is 1.06 bits per heavy atom. The molecule has 36 heavy (non-hydrogen) atoms. The van der Waals surface area contributed by atoms with E-state index in [4.69, 9.17) is 9.47 Å². The zero-order chi connectivity index (χ0) is 24.9. The first-order valence-electron chi connectivity index (χ1n) is 13.1. The summed E-state index contributed by atoms with van der Waals surface area (Å²) in [6.45, 7) is 2.20. The van der Waals surface area contributed by atoms with Gasteiger partial charge in [-0.2, -0.15) is 5.26 Å². The van der Waals surface area contributed by atoms with Crippen LogP contribution in [0.2, 0.25) is 0 Å². The van der Waals surface area contributed by atoms with Gasteiger partial charge in [0, 0.05) is 12.6 Å². The van der Waals surface area contributed by atoms with Crippen molar-refractivity contribution in [2.45, 2.75) is 82.3 Å². The van der Waals surface area contributed by atoms with Gasteiger partial charge in [0.15, 0.2) is 0 Å². The fraction of sp³-hybridized carbons (Fsp3) is 0.483. The number of aryl methyl sites for hydroxylation is 2. The Bertz CT molecular complexity index is 1190. The first kappa shape index (κ1) is 24.6. The molecule has 0 amide bonds. The fourth-order valence-electron chi connectivity index (χ4n) is 5.52. The Hall–Kier alpha value is -3.05. The zero-order valence-electron chi connectivity index (χ0n) is 20.8. The molecule has 188 valence electrons. The number of nitriles is 1. The van der Waals surface area contributed by atoms with Crippen LogP contribution in [0.5, 0.6) is 0 Å². The van der Waals surface area contributed by atoms with Gasteiger partial charge in [-0.3, -0.25) is 0 Å². The van der Waals surface area contributed by atoms with Crippen LogP contribution in [-0.2, 0) is 22.3 Å². The minimum absolute atomic E-state index is 0.00990. The highest BCUT2D eigenvalue weighted by molar-refractivity contribution is 5.70. The number of benzene rings is 2. The lowest BCUT2D eigenvalue weighted by molar-refractivity contribution is -0.209. The fourth-order valence-corrected chi connectivity index (χ4v) is 5.52. The minimum atomic E-state index is -0.108. The van der Waals surface area contributed by atoms with Crippen LogP contribution in [0.25, 0.3) is 11.1 Å². The van der Waals surface area contributed by atoms with Crippen LogP contribution < -0.4 is 0 Å². The molecule has 3 aromatic rings. The normalized spacial score (nSPS) is 25.8. The molecule has 0 spiro atoms. The summed E-state index contributed by atoms with van der Waals surface area (Å²) in [5.41, 5.74) is 4.94. The maximum absolute atomic E-state index is 9.60. The standard InChI is InChI=1S/C29H34N4O3/c1-2-5-23-18-33(32-31-23)26-16-29-28(15-13-24(19-34)35-29)36-27(26)14-10-20-8-11-21(12-9-20)25-7-4-3-6-22(25)17-30/h3-4,6-9,11-12,18,24,26-29,34H,2,5,10,13-16,19H2,1H3/t24-,26-,27+,28-,29-/m0/s1. The highest BCUT2D eigenvalue weighted by Crippen LogP contribution is 2.38. The number of hydrogen-bond acceptors (Lipinski definition) is 6. The van der Waals surface area contributed by atoms with E-state index < -0.39 is 0 Å². The quantitative estimate of drug-likeness (QED) is 0.499. The van der Waals surface area contributed by atoms with Crippen molar-refractivity contribution < 1.29 is 14.6 Å². The third-order valence-corrected chi connectivity index (χ3v) is 7.44. The maximum atomic E-state index is 9.60. The number of aromatic nitrogens is 3. The Labute approximate surface area is 212 Å². The molecule has 2 aliphatic heterocycles. The number of aliphatic hydroxyl groups excluding tert-OH is 1. The molecule has 5 atom stereocenters. The summed E-state index contributed by atoms with van der Waals surface area (Å²) >= 11 is 0. The Kier molecular flexibility index (Phi) is 7.76. The average molecular weight is 487 g/mol. The van der Waals surface area contributed by atoms with Crippen molar-refractivity contribution in [3.05, 3.63) is 71.5 Å². The third-order valence-electron chi connectivity index (χ3n) is 7.44. The summed E-state index contributed by atoms with van der Waals surface area (Å²) in [6, 6.07) is 18.5. The molecule has 1 N–H and O–H groups in total. The van der Waals surface area contributed by atoms with Crippen molar-refractivity contribution in [2.75, 3.05) is 6.61 Å². The predicted molar refractivity (Wildman–Crippen MR) is 136 cm³/mol. The lowest BCUT2D eigenvalue weighted by atomic mass is 9.88. The largest absolute Gasteiger partial charge is 0.394 e. The van der Waals surface area contributed by atoms with E-state index >= 15 is 0 Å². The topological polar surface area (TPSA) is 93.2 Å². The number of fused-ring (bicyclic) bond motifs is 1. The molecule has 2 aromatic carbocycles. The highest BCUT2D eigenvalue weighted by atomic mass is 16.6. The van der Waals surface area contributed by atoms with Crippen LogP contribution in [0, 0.1) is 11.3 Å². The van der Waals surface area contributed by atoms with E-state index in [0.717, 1.165) is 61.8 Å². The van der Waals surface area contributed by atoms with Crippen molar-refractivity contribution in [2.24, 2.45) is 0 Å². The predicted octanol–water partition coefficient (Wildman–Crippen LogP) is 4.64. The summed E-state index contributed by atoms with van der Waals surface area (Å²) < 4.78 is 14.8. The summed E-state index contributed by atoms with van der Waals surface area (Å²) in [5, 5.41) is 27.9. The molecule has 3 heterocycles. The first-order valence-corrected chi connectivity index (χ1v) is 13.1. The van der Waals surface area contributed by atoms with E-state index in [-0.39, 0.29) is 37.1 Å². The summed E-state index contributed by atoms with van der Waals surface area (Å²) in [5.74, 6) is 0. The lowest BCUT2D eigenvalue weighted by Crippen LogP contribution is -2.51. The van der Waals surface area contributed by atoms with E-state index in [9.17, 15) is 10.4 Å². The van der Waals surface area contributed by atoms with Gasteiger partial charge in [-0.15, -0.1) is 5.10 Å². The van der Waals surface area contributed by atoms with Crippen LogP contribution in [0.3, 0.4) is 0 Å². The molecule has 5 rings (SSSR count). The smallest absolute Gasteiger partial charge is 0.0998 e. The maximum Gasteiger partial charge on any atom is 0.0998 e. The van der Waals surface area contributed by atoms with Crippen molar-refractivity contribution >= 4 is 0 Å². The van der Waals surface area contributed by atoms with Gasteiger partial charge in [0.2, 0.25) is 0 Å². The Morgan fingerprint density at radius 2 is 1.89 bits per heavy atom. The number of ether oxygens (including phenoxy) is 2. The van der Waals surface area contributed by atoms with Crippen molar-refractivity contribution in [3.8, 4) is 17.2 Å². The van der Waals surface area contributed by atoms with Crippen molar-refractivity contribution in [3.63, 3.8) is 0 Å². The molecule has 7 heteroatoms. The molecule has 2 aliphatic rings. The van der Waals surface area contributed by atoms with Crippen LogP contribution >= 0.6 is 0 Å². The van der Waals surface area contributed by atoms with Gasteiger partial charge in [0.1, 0.15) is 0 Å². The van der Waals surface area contributed by atoms with E-state index in [1.165, 1.54) is 5.56 Å². The molecule has 0 radical (unpaired) electrons. The van der Waals surface area contributed by atoms with E-state index in [1.54, 1.807) is 0 Å². The van der Waals surface area contributed by atoms with Gasteiger partial charge in [0.05, 0.1) is 54.4 Å². The number of aliphatic hydroxyl groups is 1. The highest BCUT2D eigenvalue weighted by Gasteiger charge is 2.43. The Morgan fingerprint density at radius 3 is 2.67 bits per heavy atom. The second-order valence-electron chi connectivity index (χ2n) is 9.91. The monoisotopic (exact) mass is 486 g/mol. The first-order chi connectivity index (χ1) is 17.7.